The minimum atomic E-state index is -3.32. The average molecular weight is 241 g/mol. The third-order valence-electron chi connectivity index (χ3n) is 2.65. The molecule has 1 aromatic rings. The molecule has 0 saturated carbocycles. The van der Waals surface area contributed by atoms with Gasteiger partial charge in [-0.3, -0.25) is 0 Å². The molecule has 0 bridgehead atoms. The first-order valence-corrected chi connectivity index (χ1v) is 6.79. The Balaban J connectivity index is 2.32. The van der Waals surface area contributed by atoms with Crippen LogP contribution in [0.5, 0.6) is 0 Å². The highest BCUT2D eigenvalue weighted by Gasteiger charge is 2.30. The van der Waals surface area contributed by atoms with Crippen LogP contribution in [0.3, 0.4) is 0 Å². The Morgan fingerprint density at radius 2 is 2.00 bits per heavy atom. The maximum absolute atomic E-state index is 12.0. The minimum absolute atomic E-state index is 0.0801. The summed E-state index contributed by atoms with van der Waals surface area (Å²) in [6.45, 7) is 2.40. The third-order valence-corrected chi connectivity index (χ3v) is 4.38. The van der Waals surface area contributed by atoms with E-state index in [0.29, 0.717) is 6.54 Å². The van der Waals surface area contributed by atoms with Crippen LogP contribution in [0.25, 0.3) is 0 Å². The van der Waals surface area contributed by atoms with Gasteiger partial charge >= 0.3 is 0 Å². The van der Waals surface area contributed by atoms with Crippen LogP contribution in [0, 0.1) is 0 Å². The van der Waals surface area contributed by atoms with Gasteiger partial charge in [0, 0.05) is 6.54 Å². The van der Waals surface area contributed by atoms with E-state index in [1.54, 1.807) is 0 Å². The van der Waals surface area contributed by atoms with Crippen molar-refractivity contribution >= 4 is 10.0 Å². The second kappa shape index (κ2) is 4.53. The highest BCUT2D eigenvalue weighted by atomic mass is 32.2. The Morgan fingerprint density at radius 3 is 2.69 bits per heavy atom. The van der Waals surface area contributed by atoms with Crippen molar-refractivity contribution in [2.75, 3.05) is 13.2 Å². The summed E-state index contributed by atoms with van der Waals surface area (Å²) in [4.78, 5) is 0. The van der Waals surface area contributed by atoms with Gasteiger partial charge in [0.25, 0.3) is 0 Å². The molecule has 0 amide bonds. The van der Waals surface area contributed by atoms with Crippen molar-refractivity contribution < 1.29 is 13.2 Å². The van der Waals surface area contributed by atoms with Crippen LogP contribution in [0.4, 0.5) is 0 Å². The lowest BCUT2D eigenvalue weighted by Gasteiger charge is -2.14. The van der Waals surface area contributed by atoms with Crippen LogP contribution in [0.1, 0.15) is 17.7 Å². The van der Waals surface area contributed by atoms with Crippen molar-refractivity contribution in [3.8, 4) is 0 Å². The van der Waals surface area contributed by atoms with Gasteiger partial charge < -0.3 is 4.74 Å². The van der Waals surface area contributed by atoms with Gasteiger partial charge in [-0.25, -0.2) is 13.1 Å². The summed E-state index contributed by atoms with van der Waals surface area (Å²) in [5, 5.41) is -0.612. The Kier molecular flexibility index (Phi) is 3.28. The predicted molar refractivity (Wildman–Crippen MR) is 61.5 cm³/mol. The average Bonchev–Trinajstić information content (AvgIpc) is 2.40. The fourth-order valence-electron chi connectivity index (χ4n) is 1.68. The van der Waals surface area contributed by atoms with Crippen molar-refractivity contribution in [1.82, 2.24) is 4.72 Å². The fraction of sp³-hybridized carbons (Fsp3) is 0.455. The zero-order valence-electron chi connectivity index (χ0n) is 9.09. The second-order valence-corrected chi connectivity index (χ2v) is 5.88. The third kappa shape index (κ3) is 2.42. The Labute approximate surface area is 95.7 Å². The van der Waals surface area contributed by atoms with E-state index >= 15 is 0 Å². The van der Waals surface area contributed by atoms with Crippen LogP contribution >= 0.6 is 0 Å². The maximum atomic E-state index is 12.0. The molecule has 1 aliphatic rings. The molecule has 2 rings (SSSR count). The number of hydrogen-bond donors (Lipinski definition) is 1. The Morgan fingerprint density at radius 1 is 1.31 bits per heavy atom. The van der Waals surface area contributed by atoms with E-state index in [9.17, 15) is 8.42 Å². The summed E-state index contributed by atoms with van der Waals surface area (Å²) in [5.41, 5.74) is 0.768. The molecule has 0 unspecified atom stereocenters. The number of nitrogens with one attached hydrogen (secondary N) is 1. The molecule has 1 aliphatic heterocycles. The number of hydrogen-bond acceptors (Lipinski definition) is 3. The first kappa shape index (κ1) is 11.6. The van der Waals surface area contributed by atoms with Crippen LogP contribution in [0.15, 0.2) is 30.3 Å². The SMILES string of the molecule is C[C@@H]1CNS(=O)(=O)[C@H](c2ccccc2)CO1. The number of rotatable bonds is 1. The smallest absolute Gasteiger partial charge is 0.221 e. The van der Waals surface area contributed by atoms with Crippen LogP contribution in [0.2, 0.25) is 0 Å². The van der Waals surface area contributed by atoms with E-state index in [1.807, 2.05) is 37.3 Å². The molecule has 1 aromatic carbocycles. The van der Waals surface area contributed by atoms with Gasteiger partial charge in [-0.1, -0.05) is 30.3 Å². The van der Waals surface area contributed by atoms with Crippen LogP contribution in [-0.4, -0.2) is 27.7 Å². The Hall–Kier alpha value is -0.910. The van der Waals surface area contributed by atoms with E-state index in [4.69, 9.17) is 4.74 Å². The lowest BCUT2D eigenvalue weighted by atomic mass is 10.1. The van der Waals surface area contributed by atoms with Gasteiger partial charge in [-0.05, 0) is 12.5 Å². The predicted octanol–water partition coefficient (Wildman–Crippen LogP) is 1.07. The Bertz CT molecular complexity index is 444. The summed E-state index contributed by atoms with van der Waals surface area (Å²) < 4.78 is 31.9. The summed E-state index contributed by atoms with van der Waals surface area (Å²) in [6, 6.07) is 9.15. The molecular formula is C11H15NO3S. The second-order valence-electron chi connectivity index (χ2n) is 3.94. The number of benzene rings is 1. The van der Waals surface area contributed by atoms with E-state index < -0.39 is 15.3 Å². The molecule has 0 radical (unpaired) electrons. The molecule has 16 heavy (non-hydrogen) atoms. The van der Waals surface area contributed by atoms with Crippen LogP contribution < -0.4 is 4.72 Å². The van der Waals surface area contributed by atoms with Gasteiger partial charge in [-0.15, -0.1) is 0 Å². The summed E-state index contributed by atoms with van der Waals surface area (Å²) >= 11 is 0. The molecule has 4 nitrogen and oxygen atoms in total. The van der Waals surface area contributed by atoms with Gasteiger partial charge in [0.15, 0.2) is 0 Å². The molecule has 0 aromatic heterocycles. The summed E-state index contributed by atoms with van der Waals surface area (Å²) in [5.74, 6) is 0. The fourth-order valence-corrected chi connectivity index (χ4v) is 3.12. The molecule has 0 spiro atoms. The maximum Gasteiger partial charge on any atom is 0.221 e. The molecule has 5 heteroatoms. The number of sulfonamides is 1. The van der Waals surface area contributed by atoms with Gasteiger partial charge in [0.1, 0.15) is 5.25 Å². The standard InChI is InChI=1S/C11H15NO3S/c1-9-7-12-16(13,14)11(8-15-9)10-5-3-2-4-6-10/h2-6,9,11-12H,7-8H2,1H3/t9-,11+/m1/s1. The van der Waals surface area contributed by atoms with E-state index in [0.717, 1.165) is 5.56 Å². The monoisotopic (exact) mass is 241 g/mol. The minimum Gasteiger partial charge on any atom is -0.375 e. The zero-order chi connectivity index (χ0) is 11.6. The lowest BCUT2D eigenvalue weighted by molar-refractivity contribution is 0.0752. The van der Waals surface area contributed by atoms with E-state index in [-0.39, 0.29) is 12.7 Å². The van der Waals surface area contributed by atoms with Crippen molar-refractivity contribution in [2.45, 2.75) is 18.3 Å². The molecule has 2 atom stereocenters. The van der Waals surface area contributed by atoms with Crippen molar-refractivity contribution in [1.29, 1.82) is 0 Å². The quantitative estimate of drug-likeness (QED) is 0.800. The highest BCUT2D eigenvalue weighted by Crippen LogP contribution is 2.24. The molecule has 1 heterocycles. The normalized spacial score (nSPS) is 29.6. The molecule has 0 aliphatic carbocycles. The van der Waals surface area contributed by atoms with Gasteiger partial charge in [-0.2, -0.15) is 0 Å². The van der Waals surface area contributed by atoms with Crippen molar-refractivity contribution in [3.05, 3.63) is 35.9 Å². The molecule has 1 N–H and O–H groups in total. The van der Waals surface area contributed by atoms with Gasteiger partial charge in [0.05, 0.1) is 12.7 Å². The van der Waals surface area contributed by atoms with E-state index in [2.05, 4.69) is 4.72 Å². The summed E-state index contributed by atoms with van der Waals surface area (Å²) in [7, 11) is -3.32. The molecule has 1 saturated heterocycles. The van der Waals surface area contributed by atoms with Crippen molar-refractivity contribution in [3.63, 3.8) is 0 Å². The topological polar surface area (TPSA) is 55.4 Å². The lowest BCUT2D eigenvalue weighted by Crippen LogP contribution is -2.30. The first-order valence-electron chi connectivity index (χ1n) is 5.24. The van der Waals surface area contributed by atoms with Crippen LogP contribution in [-0.2, 0) is 14.8 Å². The number of ether oxygens (including phenoxy) is 1. The molecular weight excluding hydrogens is 226 g/mol. The van der Waals surface area contributed by atoms with Gasteiger partial charge in [0.2, 0.25) is 10.0 Å². The first-order chi connectivity index (χ1) is 7.59. The highest BCUT2D eigenvalue weighted by molar-refractivity contribution is 7.89. The van der Waals surface area contributed by atoms with Crippen molar-refractivity contribution in [2.24, 2.45) is 0 Å². The zero-order valence-corrected chi connectivity index (χ0v) is 9.91. The van der Waals surface area contributed by atoms with E-state index in [1.165, 1.54) is 0 Å². The molecule has 88 valence electrons. The largest absolute Gasteiger partial charge is 0.375 e. The molecule has 1 fully saturated rings. The summed E-state index contributed by atoms with van der Waals surface area (Å²) in [6.07, 6.45) is -0.0801.